The van der Waals surface area contributed by atoms with Crippen molar-refractivity contribution in [1.29, 1.82) is 0 Å². The molecule has 6 nitrogen and oxygen atoms in total. The summed E-state index contributed by atoms with van der Waals surface area (Å²) in [5, 5.41) is 11.6. The van der Waals surface area contributed by atoms with Crippen LogP contribution in [0.2, 0.25) is 0 Å². The van der Waals surface area contributed by atoms with Crippen molar-refractivity contribution in [2.45, 2.75) is 6.04 Å². The zero-order valence-corrected chi connectivity index (χ0v) is 15.9. The number of rotatable bonds is 5. The third kappa shape index (κ3) is 3.38. The highest BCUT2D eigenvalue weighted by Gasteiger charge is 2.27. The van der Waals surface area contributed by atoms with Crippen LogP contribution in [0.3, 0.4) is 0 Å². The Bertz CT molecular complexity index is 809. The van der Waals surface area contributed by atoms with Gasteiger partial charge >= 0.3 is 0 Å². The van der Waals surface area contributed by atoms with Gasteiger partial charge in [0.05, 0.1) is 28.4 Å². The molecule has 0 bridgehead atoms. The van der Waals surface area contributed by atoms with Crippen molar-refractivity contribution in [2.24, 2.45) is 0 Å². The number of halogens is 1. The van der Waals surface area contributed by atoms with Crippen LogP contribution in [0.1, 0.15) is 22.7 Å². The fourth-order valence-corrected chi connectivity index (χ4v) is 3.03. The van der Waals surface area contributed by atoms with Gasteiger partial charge in [-0.15, -0.1) is 12.4 Å². The molecule has 1 N–H and O–H groups in total. The zero-order valence-electron chi connectivity index (χ0n) is 15.1. The van der Waals surface area contributed by atoms with E-state index in [9.17, 15) is 5.21 Å². The molecule has 26 heavy (non-hydrogen) atoms. The molecule has 0 amide bonds. The van der Waals surface area contributed by atoms with Gasteiger partial charge in [-0.25, -0.2) is 0 Å². The first-order valence-corrected chi connectivity index (χ1v) is 7.76. The largest absolute Gasteiger partial charge is 0.493 e. The van der Waals surface area contributed by atoms with Crippen molar-refractivity contribution < 1.29 is 24.2 Å². The second kappa shape index (κ2) is 8.21. The third-order valence-corrected chi connectivity index (χ3v) is 4.28. The first kappa shape index (κ1) is 19.8. The minimum Gasteiger partial charge on any atom is -0.493 e. The molecular weight excluding hydrogens is 358 g/mol. The lowest BCUT2D eigenvalue weighted by Crippen LogP contribution is -2.24. The molecule has 1 atom stereocenters. The molecule has 0 aliphatic carbocycles. The Kier molecular flexibility index (Phi) is 6.23. The van der Waals surface area contributed by atoms with E-state index < -0.39 is 6.04 Å². The van der Waals surface area contributed by atoms with Gasteiger partial charge in [-0.3, -0.25) is 10.3 Å². The Morgan fingerprint density at radius 2 is 1.38 bits per heavy atom. The van der Waals surface area contributed by atoms with E-state index in [4.69, 9.17) is 18.9 Å². The predicted molar refractivity (Wildman–Crippen MR) is 101 cm³/mol. The number of hydrogen-bond acceptors (Lipinski definition) is 6. The highest BCUT2D eigenvalue weighted by molar-refractivity contribution is 5.85. The molecule has 0 aromatic heterocycles. The molecule has 1 heterocycles. The van der Waals surface area contributed by atoms with Crippen molar-refractivity contribution in [1.82, 2.24) is 5.06 Å². The lowest BCUT2D eigenvalue weighted by atomic mass is 9.91. The molecule has 140 valence electrons. The molecule has 7 heteroatoms. The normalized spacial score (nSPS) is 15.0. The maximum atomic E-state index is 10.5. The Hall–Kier alpha value is -2.57. The summed E-state index contributed by atoms with van der Waals surface area (Å²) in [4.78, 5) is 0. The van der Waals surface area contributed by atoms with E-state index in [1.54, 1.807) is 34.6 Å². The average molecular weight is 380 g/mol. The SMILES string of the molecule is COc1ccc(C2c3cc(OC)c(OC)cc3C=CN2O)cc1OC.Cl. The molecule has 0 radical (unpaired) electrons. The van der Waals surface area contributed by atoms with E-state index >= 15 is 0 Å². The summed E-state index contributed by atoms with van der Waals surface area (Å²) in [6.07, 6.45) is 3.45. The maximum absolute atomic E-state index is 10.5. The quantitative estimate of drug-likeness (QED) is 0.850. The highest BCUT2D eigenvalue weighted by atomic mass is 35.5. The summed E-state index contributed by atoms with van der Waals surface area (Å²) in [5.74, 6) is 2.48. The molecule has 1 unspecified atom stereocenters. The summed E-state index contributed by atoms with van der Waals surface area (Å²) in [7, 11) is 6.36. The molecule has 0 saturated carbocycles. The molecule has 0 spiro atoms. The fourth-order valence-electron chi connectivity index (χ4n) is 3.03. The molecule has 3 rings (SSSR count). The zero-order chi connectivity index (χ0) is 18.0. The minimum absolute atomic E-state index is 0. The second-order valence-electron chi connectivity index (χ2n) is 5.55. The second-order valence-corrected chi connectivity index (χ2v) is 5.55. The number of fused-ring (bicyclic) bond motifs is 1. The molecular formula is C19H22ClNO5. The Morgan fingerprint density at radius 1 is 0.808 bits per heavy atom. The molecule has 2 aromatic carbocycles. The van der Waals surface area contributed by atoms with Crippen LogP contribution in [0.5, 0.6) is 23.0 Å². The van der Waals surface area contributed by atoms with E-state index in [1.165, 1.54) is 0 Å². The number of hydrogen-bond donors (Lipinski definition) is 1. The number of methoxy groups -OCH3 is 4. The van der Waals surface area contributed by atoms with Crippen LogP contribution >= 0.6 is 12.4 Å². The van der Waals surface area contributed by atoms with Crippen LogP contribution in [-0.4, -0.2) is 38.7 Å². The van der Waals surface area contributed by atoms with E-state index in [1.807, 2.05) is 36.4 Å². The van der Waals surface area contributed by atoms with Crippen molar-refractivity contribution in [3.8, 4) is 23.0 Å². The standard InChI is InChI=1S/C19H21NO5.ClH/c1-22-15-6-5-13(10-16(15)23-2)19-14-11-18(25-4)17(24-3)9-12(14)7-8-20(19)21;/h5-11,19,21H,1-4H3;1H. The summed E-state index contributed by atoms with van der Waals surface area (Å²) >= 11 is 0. The summed E-state index contributed by atoms with van der Waals surface area (Å²) in [6, 6.07) is 8.94. The summed E-state index contributed by atoms with van der Waals surface area (Å²) in [6.45, 7) is 0. The minimum atomic E-state index is -0.403. The Morgan fingerprint density at radius 3 is 2.00 bits per heavy atom. The van der Waals surface area contributed by atoms with E-state index in [-0.39, 0.29) is 12.4 Å². The van der Waals surface area contributed by atoms with Gasteiger partial charge in [0.2, 0.25) is 0 Å². The van der Waals surface area contributed by atoms with Crippen LogP contribution in [-0.2, 0) is 0 Å². The van der Waals surface area contributed by atoms with Crippen molar-refractivity contribution >= 4 is 18.5 Å². The van der Waals surface area contributed by atoms with Gasteiger partial charge < -0.3 is 18.9 Å². The fraction of sp³-hybridized carbons (Fsp3) is 0.263. The summed E-state index contributed by atoms with van der Waals surface area (Å²) in [5.41, 5.74) is 2.70. The van der Waals surface area contributed by atoms with Gasteiger partial charge in [0, 0.05) is 6.20 Å². The Balaban J connectivity index is 0.00000243. The van der Waals surface area contributed by atoms with Crippen LogP contribution in [0.4, 0.5) is 0 Å². The first-order chi connectivity index (χ1) is 12.1. The molecule has 0 fully saturated rings. The van der Waals surface area contributed by atoms with E-state index in [2.05, 4.69) is 0 Å². The van der Waals surface area contributed by atoms with Crippen molar-refractivity contribution in [3.63, 3.8) is 0 Å². The van der Waals surface area contributed by atoms with Gasteiger partial charge in [0.1, 0.15) is 6.04 Å². The van der Waals surface area contributed by atoms with Gasteiger partial charge in [-0.2, -0.15) is 0 Å². The smallest absolute Gasteiger partial charge is 0.161 e. The van der Waals surface area contributed by atoms with Crippen LogP contribution < -0.4 is 18.9 Å². The van der Waals surface area contributed by atoms with Crippen LogP contribution in [0, 0.1) is 0 Å². The van der Waals surface area contributed by atoms with Crippen LogP contribution in [0.15, 0.2) is 36.5 Å². The summed E-state index contributed by atoms with van der Waals surface area (Å²) < 4.78 is 21.4. The van der Waals surface area contributed by atoms with Crippen molar-refractivity contribution in [2.75, 3.05) is 28.4 Å². The third-order valence-electron chi connectivity index (χ3n) is 4.28. The van der Waals surface area contributed by atoms with Gasteiger partial charge in [0.25, 0.3) is 0 Å². The number of hydroxylamine groups is 2. The lowest BCUT2D eigenvalue weighted by molar-refractivity contribution is -0.0686. The van der Waals surface area contributed by atoms with E-state index in [0.717, 1.165) is 21.8 Å². The van der Waals surface area contributed by atoms with Gasteiger partial charge in [-0.1, -0.05) is 6.07 Å². The van der Waals surface area contributed by atoms with Gasteiger partial charge in [-0.05, 0) is 47.0 Å². The molecule has 1 aliphatic heterocycles. The number of ether oxygens (including phenoxy) is 4. The molecule has 0 saturated heterocycles. The Labute approximate surface area is 158 Å². The monoisotopic (exact) mass is 379 g/mol. The molecule has 1 aliphatic rings. The van der Waals surface area contributed by atoms with Crippen LogP contribution in [0.25, 0.3) is 6.08 Å². The first-order valence-electron chi connectivity index (χ1n) is 7.76. The van der Waals surface area contributed by atoms with Crippen molar-refractivity contribution in [3.05, 3.63) is 53.2 Å². The number of benzene rings is 2. The highest BCUT2D eigenvalue weighted by Crippen LogP contribution is 2.42. The predicted octanol–water partition coefficient (Wildman–Crippen LogP) is 3.91. The van der Waals surface area contributed by atoms with E-state index in [0.29, 0.717) is 23.0 Å². The van der Waals surface area contributed by atoms with Gasteiger partial charge in [0.15, 0.2) is 23.0 Å². The maximum Gasteiger partial charge on any atom is 0.161 e. The number of nitrogens with zero attached hydrogens (tertiary/aromatic N) is 1. The average Bonchev–Trinajstić information content (AvgIpc) is 2.66. The molecule has 2 aromatic rings. The topological polar surface area (TPSA) is 60.4 Å². The lowest BCUT2D eigenvalue weighted by Gasteiger charge is -2.31.